The topological polar surface area (TPSA) is 118 Å². The molecule has 0 aliphatic rings. The van der Waals surface area contributed by atoms with Crippen LogP contribution in [0.3, 0.4) is 0 Å². The van der Waals surface area contributed by atoms with Gasteiger partial charge in [0.25, 0.3) is 5.69 Å². The number of nitrogens with one attached hydrogen (secondary N) is 1. The SMILES string of the molecule is COc1cc(C=Cc2cc(OC)c(OC)c(OC)c2)c(NC=CC(=O)c2ccccc2[N+](=O)[O-])cc1OC. The molecule has 0 spiro atoms. The van der Waals surface area contributed by atoms with Gasteiger partial charge in [-0.3, -0.25) is 14.9 Å². The van der Waals surface area contributed by atoms with Crippen LogP contribution in [0.1, 0.15) is 21.5 Å². The molecule has 0 aliphatic heterocycles. The molecule has 0 aliphatic carbocycles. The number of rotatable bonds is 12. The van der Waals surface area contributed by atoms with Crippen LogP contribution in [0, 0.1) is 10.1 Å². The molecule has 1 N–H and O–H groups in total. The third-order valence-corrected chi connectivity index (χ3v) is 5.54. The van der Waals surface area contributed by atoms with Gasteiger partial charge < -0.3 is 29.0 Å². The van der Waals surface area contributed by atoms with Crippen LogP contribution in [-0.4, -0.2) is 46.3 Å². The van der Waals surface area contributed by atoms with E-state index in [9.17, 15) is 14.9 Å². The Morgan fingerprint density at radius 1 is 0.816 bits per heavy atom. The Morgan fingerprint density at radius 2 is 1.42 bits per heavy atom. The van der Waals surface area contributed by atoms with E-state index in [4.69, 9.17) is 23.7 Å². The minimum atomic E-state index is -0.588. The van der Waals surface area contributed by atoms with Crippen molar-refractivity contribution in [3.05, 3.63) is 87.6 Å². The third kappa shape index (κ3) is 6.22. The zero-order valence-corrected chi connectivity index (χ0v) is 21.6. The number of allylic oxidation sites excluding steroid dienone is 1. The Hall–Kier alpha value is -4.99. The first-order chi connectivity index (χ1) is 18.4. The molecule has 0 saturated carbocycles. The van der Waals surface area contributed by atoms with Crippen molar-refractivity contribution in [2.75, 3.05) is 40.9 Å². The van der Waals surface area contributed by atoms with E-state index in [1.54, 1.807) is 44.6 Å². The second-order valence-electron chi connectivity index (χ2n) is 7.70. The summed E-state index contributed by atoms with van der Waals surface area (Å²) in [5.74, 6) is 1.96. The normalized spacial score (nSPS) is 10.9. The molecule has 0 aromatic heterocycles. The number of para-hydroxylation sites is 1. The van der Waals surface area contributed by atoms with Crippen LogP contribution >= 0.6 is 0 Å². The Kier molecular flexibility index (Phi) is 9.31. The van der Waals surface area contributed by atoms with Crippen LogP contribution < -0.4 is 29.0 Å². The predicted molar refractivity (Wildman–Crippen MR) is 145 cm³/mol. The highest BCUT2D eigenvalue weighted by atomic mass is 16.6. The number of nitro groups is 1. The summed E-state index contributed by atoms with van der Waals surface area (Å²) in [4.78, 5) is 23.3. The molecule has 0 amide bonds. The summed E-state index contributed by atoms with van der Waals surface area (Å²) in [6.07, 6.45) is 6.32. The number of anilines is 1. The molecule has 0 fully saturated rings. The smallest absolute Gasteiger partial charge is 0.280 e. The minimum absolute atomic E-state index is 0.00891. The molecule has 10 nitrogen and oxygen atoms in total. The fourth-order valence-corrected chi connectivity index (χ4v) is 3.68. The molecular formula is C28H28N2O8. The van der Waals surface area contributed by atoms with Gasteiger partial charge in [0.2, 0.25) is 5.75 Å². The number of nitro benzene ring substituents is 1. The van der Waals surface area contributed by atoms with E-state index in [2.05, 4.69) is 5.32 Å². The summed E-state index contributed by atoms with van der Waals surface area (Å²) < 4.78 is 27.1. The van der Waals surface area contributed by atoms with E-state index in [-0.39, 0.29) is 11.3 Å². The summed E-state index contributed by atoms with van der Waals surface area (Å²) in [5.41, 5.74) is 1.81. The summed E-state index contributed by atoms with van der Waals surface area (Å²) in [6.45, 7) is 0. The lowest BCUT2D eigenvalue weighted by molar-refractivity contribution is -0.385. The van der Waals surface area contributed by atoms with Gasteiger partial charge in [-0.2, -0.15) is 0 Å². The van der Waals surface area contributed by atoms with Crippen molar-refractivity contribution in [2.24, 2.45) is 0 Å². The summed E-state index contributed by atoms with van der Waals surface area (Å²) >= 11 is 0. The number of methoxy groups -OCH3 is 5. The highest BCUT2D eigenvalue weighted by Gasteiger charge is 2.17. The first-order valence-electron chi connectivity index (χ1n) is 11.3. The number of nitrogens with zero attached hydrogens (tertiary/aromatic N) is 1. The monoisotopic (exact) mass is 520 g/mol. The number of ketones is 1. The van der Waals surface area contributed by atoms with Crippen molar-refractivity contribution >= 4 is 29.3 Å². The van der Waals surface area contributed by atoms with Gasteiger partial charge >= 0.3 is 0 Å². The van der Waals surface area contributed by atoms with Gasteiger partial charge in [0.05, 0.1) is 46.0 Å². The number of carbonyl (C=O) groups excluding carboxylic acids is 1. The molecule has 0 bridgehead atoms. The third-order valence-electron chi connectivity index (χ3n) is 5.54. The van der Waals surface area contributed by atoms with E-state index in [1.165, 1.54) is 51.8 Å². The van der Waals surface area contributed by atoms with E-state index >= 15 is 0 Å². The number of carbonyl (C=O) groups is 1. The molecular weight excluding hydrogens is 492 g/mol. The molecule has 38 heavy (non-hydrogen) atoms. The summed E-state index contributed by atoms with van der Waals surface area (Å²) in [5, 5.41) is 14.3. The van der Waals surface area contributed by atoms with Crippen molar-refractivity contribution < 1.29 is 33.4 Å². The van der Waals surface area contributed by atoms with Crippen molar-refractivity contribution in [3.8, 4) is 28.7 Å². The van der Waals surface area contributed by atoms with Crippen molar-refractivity contribution in [1.82, 2.24) is 0 Å². The molecule has 10 heteroatoms. The second kappa shape index (κ2) is 12.8. The number of ether oxygens (including phenoxy) is 5. The Morgan fingerprint density at radius 3 is 2.00 bits per heavy atom. The molecule has 3 aromatic carbocycles. The van der Waals surface area contributed by atoms with E-state index in [0.717, 1.165) is 5.56 Å². The molecule has 0 unspecified atom stereocenters. The molecule has 0 radical (unpaired) electrons. The number of hydrogen-bond donors (Lipinski definition) is 1. The van der Waals surface area contributed by atoms with Gasteiger partial charge in [-0.15, -0.1) is 0 Å². The Balaban J connectivity index is 1.96. The standard InChI is InChI=1S/C28H28N2O8/c1-34-24-16-19(11-10-18-14-26(36-3)28(38-5)27(15-18)37-4)21(17-25(24)35-2)29-13-12-23(31)20-8-6-7-9-22(20)30(32)33/h6-17,29H,1-5H3. The maximum absolute atomic E-state index is 12.6. The van der Waals surface area contributed by atoms with Crippen molar-refractivity contribution in [2.45, 2.75) is 0 Å². The van der Waals surface area contributed by atoms with Gasteiger partial charge in [-0.1, -0.05) is 24.3 Å². The molecule has 198 valence electrons. The fraction of sp³-hybridized carbons (Fsp3) is 0.179. The highest BCUT2D eigenvalue weighted by Crippen LogP contribution is 2.39. The fourth-order valence-electron chi connectivity index (χ4n) is 3.68. The van der Waals surface area contributed by atoms with Crippen LogP contribution in [-0.2, 0) is 0 Å². The molecule has 0 saturated heterocycles. The van der Waals surface area contributed by atoms with E-state index in [1.807, 2.05) is 12.2 Å². The summed E-state index contributed by atoms with van der Waals surface area (Å²) in [7, 11) is 7.66. The largest absolute Gasteiger partial charge is 0.493 e. The van der Waals surface area contributed by atoms with Gasteiger partial charge in [-0.25, -0.2) is 0 Å². The van der Waals surface area contributed by atoms with Gasteiger partial charge in [0.1, 0.15) is 0 Å². The lowest BCUT2D eigenvalue weighted by atomic mass is 10.1. The molecule has 3 rings (SSSR count). The van der Waals surface area contributed by atoms with Gasteiger partial charge in [0.15, 0.2) is 28.8 Å². The van der Waals surface area contributed by atoms with Gasteiger partial charge in [0, 0.05) is 35.7 Å². The zero-order chi connectivity index (χ0) is 27.7. The molecule has 0 atom stereocenters. The lowest BCUT2D eigenvalue weighted by Gasteiger charge is -2.14. The van der Waals surface area contributed by atoms with Crippen LogP contribution in [0.5, 0.6) is 28.7 Å². The summed E-state index contributed by atoms with van der Waals surface area (Å²) in [6, 6.07) is 12.9. The van der Waals surface area contributed by atoms with Crippen LogP contribution in [0.15, 0.2) is 60.8 Å². The lowest BCUT2D eigenvalue weighted by Crippen LogP contribution is -2.02. The Bertz CT molecular complexity index is 1360. The maximum atomic E-state index is 12.6. The average Bonchev–Trinajstić information content (AvgIpc) is 2.95. The van der Waals surface area contributed by atoms with Crippen molar-refractivity contribution in [3.63, 3.8) is 0 Å². The Labute approximate surface area is 220 Å². The zero-order valence-electron chi connectivity index (χ0n) is 21.6. The van der Waals surface area contributed by atoms with Crippen LogP contribution in [0.4, 0.5) is 11.4 Å². The van der Waals surface area contributed by atoms with Crippen LogP contribution in [0.2, 0.25) is 0 Å². The first-order valence-corrected chi connectivity index (χ1v) is 11.3. The molecule has 0 heterocycles. The van der Waals surface area contributed by atoms with Crippen LogP contribution in [0.25, 0.3) is 12.2 Å². The van der Waals surface area contributed by atoms with Gasteiger partial charge in [-0.05, 0) is 29.8 Å². The minimum Gasteiger partial charge on any atom is -0.493 e. The predicted octanol–water partition coefficient (Wildman–Crippen LogP) is 5.62. The maximum Gasteiger partial charge on any atom is 0.280 e. The number of benzene rings is 3. The quantitative estimate of drug-likeness (QED) is 0.107. The van der Waals surface area contributed by atoms with Crippen molar-refractivity contribution in [1.29, 1.82) is 0 Å². The number of hydrogen-bond acceptors (Lipinski definition) is 9. The molecule has 3 aromatic rings. The first kappa shape index (κ1) is 27.6. The van der Waals surface area contributed by atoms with E-state index in [0.29, 0.717) is 40.0 Å². The second-order valence-corrected chi connectivity index (χ2v) is 7.70. The highest BCUT2D eigenvalue weighted by molar-refractivity contribution is 6.07. The average molecular weight is 521 g/mol. The van der Waals surface area contributed by atoms with E-state index < -0.39 is 10.7 Å².